The molecule has 156 valence electrons. The number of benzene rings is 3. The minimum atomic E-state index is -1.91. The Kier molecular flexibility index (Phi) is 7.58. The number of carbonyl (C=O) groups is 1. The van der Waals surface area contributed by atoms with Crippen LogP contribution < -0.4 is 10.2 Å². The van der Waals surface area contributed by atoms with Gasteiger partial charge < -0.3 is 9.84 Å². The molecule has 0 spiro atoms. The Morgan fingerprint density at radius 1 is 1.06 bits per heavy atom. The molecule has 31 heavy (non-hydrogen) atoms. The molecular formula is C23H17Br2N3O3. The Balaban J connectivity index is 1.84. The van der Waals surface area contributed by atoms with Crippen molar-refractivity contribution >= 4 is 44.0 Å². The normalized spacial score (nSPS) is 11.2. The fourth-order valence-electron chi connectivity index (χ4n) is 2.93. The van der Waals surface area contributed by atoms with Gasteiger partial charge in [-0.2, -0.15) is 10.4 Å². The van der Waals surface area contributed by atoms with Crippen molar-refractivity contribution in [3.05, 3.63) is 98.4 Å². The molecule has 0 aliphatic carbocycles. The summed E-state index contributed by atoms with van der Waals surface area (Å²) in [5.41, 5.74) is 2.04. The van der Waals surface area contributed by atoms with Gasteiger partial charge in [-0.05, 0) is 60.7 Å². The fourth-order valence-corrected chi connectivity index (χ4v) is 4.38. The van der Waals surface area contributed by atoms with Crippen LogP contribution in [-0.2, 0) is 10.4 Å². The van der Waals surface area contributed by atoms with E-state index in [0.717, 1.165) is 0 Å². The van der Waals surface area contributed by atoms with Gasteiger partial charge in [0.25, 0.3) is 5.91 Å². The third-order valence-corrected chi connectivity index (χ3v) is 5.57. The molecule has 3 rings (SSSR count). The number of halogens is 2. The number of hydrazone groups is 1. The van der Waals surface area contributed by atoms with Gasteiger partial charge >= 0.3 is 0 Å². The zero-order valence-electron chi connectivity index (χ0n) is 16.1. The van der Waals surface area contributed by atoms with Gasteiger partial charge in [0, 0.05) is 0 Å². The molecule has 0 atom stereocenters. The van der Waals surface area contributed by atoms with Crippen LogP contribution in [0.4, 0.5) is 0 Å². The molecule has 0 aliphatic heterocycles. The molecule has 3 aromatic rings. The van der Waals surface area contributed by atoms with E-state index in [2.05, 4.69) is 42.4 Å². The van der Waals surface area contributed by atoms with Crippen LogP contribution in [0, 0.1) is 11.3 Å². The Hall–Kier alpha value is -2.99. The minimum Gasteiger partial charge on any atom is -0.476 e. The maximum absolute atomic E-state index is 13.0. The summed E-state index contributed by atoms with van der Waals surface area (Å²) in [6, 6.07) is 22.8. The molecule has 0 radical (unpaired) electrons. The first-order valence-electron chi connectivity index (χ1n) is 9.12. The topological polar surface area (TPSA) is 94.7 Å². The van der Waals surface area contributed by atoms with Crippen LogP contribution in [0.15, 0.2) is 86.8 Å². The molecule has 0 aromatic heterocycles. The highest BCUT2D eigenvalue weighted by atomic mass is 79.9. The van der Waals surface area contributed by atoms with Gasteiger partial charge in [-0.1, -0.05) is 60.7 Å². The van der Waals surface area contributed by atoms with Gasteiger partial charge in [0.2, 0.25) is 0 Å². The largest absolute Gasteiger partial charge is 0.476 e. The van der Waals surface area contributed by atoms with Crippen LogP contribution in [0.5, 0.6) is 5.75 Å². The second kappa shape index (κ2) is 10.4. The first-order chi connectivity index (χ1) is 15.0. The van der Waals surface area contributed by atoms with E-state index in [1.807, 2.05) is 18.2 Å². The molecule has 3 aromatic carbocycles. The molecule has 8 heteroatoms. The first-order valence-corrected chi connectivity index (χ1v) is 10.7. The highest BCUT2D eigenvalue weighted by Crippen LogP contribution is 2.34. The number of nitriles is 1. The van der Waals surface area contributed by atoms with Gasteiger partial charge in [-0.15, -0.1) is 0 Å². The second-order valence-electron chi connectivity index (χ2n) is 6.40. The Morgan fingerprint density at radius 3 is 2.06 bits per heavy atom. The molecule has 0 unspecified atom stereocenters. The Labute approximate surface area is 196 Å². The summed E-state index contributed by atoms with van der Waals surface area (Å²) in [5.74, 6) is -0.196. The standard InChI is InChI=1S/C23H17Br2N3O3/c24-19-13-16(14-20(25)21(19)31-12-11-26)15-27-28-22(29)23(30,17-7-3-1-4-8-17)18-9-5-2-6-10-18/h1-10,13-15,30H,12H2,(H,28,29)/b27-15+. The molecular weight excluding hydrogens is 526 g/mol. The molecule has 0 bridgehead atoms. The molecule has 6 nitrogen and oxygen atoms in total. The number of aliphatic hydroxyl groups is 1. The van der Waals surface area contributed by atoms with E-state index in [1.54, 1.807) is 60.7 Å². The summed E-state index contributed by atoms with van der Waals surface area (Å²) in [7, 11) is 0. The SMILES string of the molecule is N#CCOc1c(Br)cc(/C=N/NC(=O)C(O)(c2ccccc2)c2ccccc2)cc1Br. The predicted molar refractivity (Wildman–Crippen MR) is 125 cm³/mol. The highest BCUT2D eigenvalue weighted by molar-refractivity contribution is 9.11. The van der Waals surface area contributed by atoms with Crippen molar-refractivity contribution < 1.29 is 14.6 Å². The molecule has 0 heterocycles. The highest BCUT2D eigenvalue weighted by Gasteiger charge is 2.39. The molecule has 0 saturated heterocycles. The van der Waals surface area contributed by atoms with Crippen molar-refractivity contribution in [3.8, 4) is 11.8 Å². The summed E-state index contributed by atoms with van der Waals surface area (Å²) < 4.78 is 6.60. The number of carbonyl (C=O) groups excluding carboxylic acids is 1. The van der Waals surface area contributed by atoms with Crippen molar-refractivity contribution in [2.45, 2.75) is 5.60 Å². The Bertz CT molecular complexity index is 1070. The summed E-state index contributed by atoms with van der Waals surface area (Å²) in [5, 5.41) is 24.1. The van der Waals surface area contributed by atoms with Gasteiger partial charge in [0.1, 0.15) is 11.8 Å². The van der Waals surface area contributed by atoms with E-state index in [1.165, 1.54) is 6.21 Å². The lowest BCUT2D eigenvalue weighted by atomic mass is 9.85. The summed E-state index contributed by atoms with van der Waals surface area (Å²) >= 11 is 6.78. The van der Waals surface area contributed by atoms with Crippen molar-refractivity contribution in [3.63, 3.8) is 0 Å². The van der Waals surface area contributed by atoms with Crippen molar-refractivity contribution in [2.24, 2.45) is 5.10 Å². The van der Waals surface area contributed by atoms with Crippen LogP contribution in [0.3, 0.4) is 0 Å². The lowest BCUT2D eigenvalue weighted by Crippen LogP contribution is -2.43. The number of rotatable bonds is 7. The van der Waals surface area contributed by atoms with Crippen LogP contribution in [0.1, 0.15) is 16.7 Å². The molecule has 0 saturated carbocycles. The maximum atomic E-state index is 13.0. The van der Waals surface area contributed by atoms with Crippen LogP contribution in [0.2, 0.25) is 0 Å². The van der Waals surface area contributed by atoms with E-state index in [4.69, 9.17) is 10.00 Å². The number of nitrogens with one attached hydrogen (secondary N) is 1. The lowest BCUT2D eigenvalue weighted by molar-refractivity contribution is -0.136. The van der Waals surface area contributed by atoms with E-state index < -0.39 is 11.5 Å². The van der Waals surface area contributed by atoms with E-state index >= 15 is 0 Å². The summed E-state index contributed by atoms with van der Waals surface area (Å²) in [4.78, 5) is 13.0. The first kappa shape index (κ1) is 22.7. The maximum Gasteiger partial charge on any atom is 0.281 e. The quantitative estimate of drug-likeness (QED) is 0.339. The van der Waals surface area contributed by atoms with Gasteiger partial charge in [-0.3, -0.25) is 4.79 Å². The van der Waals surface area contributed by atoms with E-state index in [-0.39, 0.29) is 6.61 Å². The molecule has 2 N–H and O–H groups in total. The number of hydrogen-bond acceptors (Lipinski definition) is 5. The predicted octanol–water partition coefficient (Wildman–Crippen LogP) is 4.50. The van der Waals surface area contributed by atoms with E-state index in [0.29, 0.717) is 31.4 Å². The molecule has 1 amide bonds. The monoisotopic (exact) mass is 541 g/mol. The summed E-state index contributed by atoms with van der Waals surface area (Å²) in [6.07, 6.45) is 1.44. The van der Waals surface area contributed by atoms with Crippen LogP contribution in [-0.4, -0.2) is 23.8 Å². The van der Waals surface area contributed by atoms with Gasteiger partial charge in [-0.25, -0.2) is 5.43 Å². The zero-order valence-corrected chi connectivity index (χ0v) is 19.3. The van der Waals surface area contributed by atoms with Gasteiger partial charge in [0.15, 0.2) is 12.2 Å². The average molecular weight is 543 g/mol. The number of ether oxygens (including phenoxy) is 1. The lowest BCUT2D eigenvalue weighted by Gasteiger charge is -2.27. The van der Waals surface area contributed by atoms with Crippen LogP contribution in [0.25, 0.3) is 0 Å². The van der Waals surface area contributed by atoms with Crippen molar-refractivity contribution in [2.75, 3.05) is 6.61 Å². The minimum absolute atomic E-state index is 0.0851. The third-order valence-electron chi connectivity index (χ3n) is 4.39. The average Bonchev–Trinajstić information content (AvgIpc) is 2.79. The molecule has 0 aliphatic rings. The smallest absolute Gasteiger partial charge is 0.281 e. The van der Waals surface area contributed by atoms with Gasteiger partial charge in [0.05, 0.1) is 15.2 Å². The zero-order chi connectivity index (χ0) is 22.3. The Morgan fingerprint density at radius 2 is 1.58 bits per heavy atom. The second-order valence-corrected chi connectivity index (χ2v) is 8.11. The van der Waals surface area contributed by atoms with Crippen molar-refractivity contribution in [1.82, 2.24) is 5.43 Å². The fraction of sp³-hybridized carbons (Fsp3) is 0.0870. The van der Waals surface area contributed by atoms with Crippen LogP contribution >= 0.6 is 31.9 Å². The molecule has 0 fully saturated rings. The third kappa shape index (κ3) is 5.20. The summed E-state index contributed by atoms with van der Waals surface area (Å²) in [6.45, 7) is -0.0851. The van der Waals surface area contributed by atoms with E-state index in [9.17, 15) is 9.90 Å². The van der Waals surface area contributed by atoms with Crippen molar-refractivity contribution in [1.29, 1.82) is 5.26 Å². The number of amides is 1. The number of hydrogen-bond donors (Lipinski definition) is 2. The number of nitrogens with zero attached hydrogens (tertiary/aromatic N) is 2.